The standard InChI is InChI=1S/C91H163NO18/c1-3-5-7-9-11-13-15-17-19-21-23-25-27-29-31-33-34-35-36-37-38-39-40-41-43-45-47-49-51-53-55-57-59-61-63-65-67-69-79(97)92-74(75(96)68-66-64-62-60-58-56-54-52-50-48-46-44-42-32-30-28-26-24-22-20-18-16-14-12-10-8-6-4-2)73-105-89-85(103)82(100)87(77(71-94)107-89)110-91-86(104)83(101)88(78(72-95)108-91)109-90-84(102)81(99)80(98)76(70-93)106-90/h5,7,11,13,17,19,23,25,29,31,58,60,66,68,74-78,80-91,93-96,98-104H,3-4,6,8-10,12,14-16,18,20-22,24,26-28,30,32-57,59,61-65,67,69-73H2,1-2H3,(H,92,97)/b7-5-,13-11-,19-17-,25-23-,31-29-,60-58+,68-66+. The van der Waals surface area contributed by atoms with E-state index in [9.17, 15) is 61.0 Å². The third kappa shape index (κ3) is 48.5. The molecule has 0 aromatic carbocycles. The highest BCUT2D eigenvalue weighted by atomic mass is 16.8. The molecule has 0 aliphatic carbocycles. The van der Waals surface area contributed by atoms with E-state index in [4.69, 9.17) is 28.4 Å². The lowest BCUT2D eigenvalue weighted by molar-refractivity contribution is -0.379. The molecular formula is C91H163NO18. The Morgan fingerprint density at radius 1 is 0.336 bits per heavy atom. The molecule has 0 radical (unpaired) electrons. The van der Waals surface area contributed by atoms with Crippen molar-refractivity contribution in [2.75, 3.05) is 26.4 Å². The normalized spacial score (nSPS) is 25.6. The van der Waals surface area contributed by atoms with Crippen LogP contribution in [0.25, 0.3) is 0 Å². The largest absolute Gasteiger partial charge is 0.394 e. The lowest BCUT2D eigenvalue weighted by Gasteiger charge is -2.48. The van der Waals surface area contributed by atoms with Crippen LogP contribution in [0, 0.1) is 0 Å². The Morgan fingerprint density at radius 2 is 0.636 bits per heavy atom. The number of aliphatic hydroxyl groups excluding tert-OH is 11. The van der Waals surface area contributed by atoms with Gasteiger partial charge in [0.15, 0.2) is 18.9 Å². The minimum absolute atomic E-state index is 0.236. The summed E-state index contributed by atoms with van der Waals surface area (Å²) in [6, 6.07) is -0.994. The molecule has 17 unspecified atom stereocenters. The van der Waals surface area contributed by atoms with Gasteiger partial charge < -0.3 is 89.9 Å². The zero-order valence-corrected chi connectivity index (χ0v) is 69.0. The van der Waals surface area contributed by atoms with Crippen LogP contribution in [0.2, 0.25) is 0 Å². The Morgan fingerprint density at radius 3 is 1.02 bits per heavy atom. The third-order valence-corrected chi connectivity index (χ3v) is 21.9. The van der Waals surface area contributed by atoms with E-state index in [0.29, 0.717) is 12.8 Å². The average molecular weight is 1560 g/mol. The maximum absolute atomic E-state index is 13.5. The predicted octanol–water partition coefficient (Wildman–Crippen LogP) is 16.9. The van der Waals surface area contributed by atoms with Gasteiger partial charge in [-0.3, -0.25) is 4.79 Å². The summed E-state index contributed by atoms with van der Waals surface area (Å²) in [5.41, 5.74) is 0. The molecule has 1 amide bonds. The topological polar surface area (TPSA) is 307 Å². The number of nitrogens with one attached hydrogen (secondary N) is 1. The van der Waals surface area contributed by atoms with E-state index in [1.165, 1.54) is 250 Å². The molecule has 12 N–H and O–H groups in total. The van der Waals surface area contributed by atoms with Crippen LogP contribution in [-0.4, -0.2) is 193 Å². The first kappa shape index (κ1) is 101. The monoisotopic (exact) mass is 1560 g/mol. The molecule has 0 aromatic rings. The van der Waals surface area contributed by atoms with Gasteiger partial charge in [0.1, 0.15) is 73.2 Å². The summed E-state index contributed by atoms with van der Waals surface area (Å²) in [7, 11) is 0. The zero-order valence-electron chi connectivity index (χ0n) is 69.0. The van der Waals surface area contributed by atoms with E-state index < -0.39 is 124 Å². The SMILES string of the molecule is CC/C=C\C/C=C\C/C=C\C/C=C\C/C=C\CCCCCCCCCCCCCCCCCCCCCCCC(=O)NC(COC1OC(CO)C(OC2OC(CO)C(OC3OC(CO)C(O)C(O)C3O)C(O)C2O)C(O)C1O)C(O)/C=C/CC/C=C/CCCCCCCCCCCCCCCCCCCCCCCC. The molecule has 3 rings (SSSR count). The molecule has 3 aliphatic rings. The van der Waals surface area contributed by atoms with Gasteiger partial charge in [-0.2, -0.15) is 0 Å². The van der Waals surface area contributed by atoms with E-state index in [1.54, 1.807) is 6.08 Å². The van der Waals surface area contributed by atoms with E-state index >= 15 is 0 Å². The third-order valence-electron chi connectivity index (χ3n) is 21.9. The van der Waals surface area contributed by atoms with Crippen molar-refractivity contribution in [3.63, 3.8) is 0 Å². The van der Waals surface area contributed by atoms with Crippen molar-refractivity contribution >= 4 is 5.91 Å². The number of hydrogen-bond donors (Lipinski definition) is 12. The van der Waals surface area contributed by atoms with E-state index in [-0.39, 0.29) is 18.9 Å². The van der Waals surface area contributed by atoms with Crippen molar-refractivity contribution in [1.82, 2.24) is 5.32 Å². The summed E-state index contributed by atoms with van der Waals surface area (Å²) in [6.45, 7) is 1.65. The van der Waals surface area contributed by atoms with Gasteiger partial charge in [0.25, 0.3) is 0 Å². The van der Waals surface area contributed by atoms with Crippen LogP contribution in [0.15, 0.2) is 85.1 Å². The first-order valence-electron chi connectivity index (χ1n) is 44.8. The van der Waals surface area contributed by atoms with Gasteiger partial charge in [-0.15, -0.1) is 0 Å². The number of hydrogen-bond acceptors (Lipinski definition) is 18. The van der Waals surface area contributed by atoms with Crippen molar-refractivity contribution in [1.29, 1.82) is 0 Å². The number of allylic oxidation sites excluding steroid dienone is 13. The van der Waals surface area contributed by atoms with Crippen molar-refractivity contribution in [3.8, 4) is 0 Å². The zero-order chi connectivity index (χ0) is 79.5. The molecule has 640 valence electrons. The van der Waals surface area contributed by atoms with Crippen LogP contribution in [0.4, 0.5) is 0 Å². The predicted molar refractivity (Wildman–Crippen MR) is 443 cm³/mol. The number of carbonyl (C=O) groups is 1. The summed E-state index contributed by atoms with van der Waals surface area (Å²) < 4.78 is 34.5. The number of rotatable bonds is 72. The number of carbonyl (C=O) groups excluding carboxylic acids is 1. The van der Waals surface area contributed by atoms with Gasteiger partial charge in [-0.1, -0.05) is 356 Å². The average Bonchev–Trinajstić information content (AvgIpc) is 0.784. The minimum atomic E-state index is -1.98. The van der Waals surface area contributed by atoms with Crippen molar-refractivity contribution in [2.45, 2.75) is 458 Å². The molecule has 3 saturated heterocycles. The summed E-state index contributed by atoms with van der Waals surface area (Å²) in [4.78, 5) is 13.5. The maximum atomic E-state index is 13.5. The Bertz CT molecular complexity index is 2310. The van der Waals surface area contributed by atoms with Crippen LogP contribution < -0.4 is 5.32 Å². The Balaban J connectivity index is 1.33. The van der Waals surface area contributed by atoms with Crippen LogP contribution in [-0.2, 0) is 33.2 Å². The maximum Gasteiger partial charge on any atom is 0.220 e. The van der Waals surface area contributed by atoms with Gasteiger partial charge >= 0.3 is 0 Å². The van der Waals surface area contributed by atoms with E-state index in [0.717, 1.165) is 70.6 Å². The molecule has 110 heavy (non-hydrogen) atoms. The molecule has 19 heteroatoms. The van der Waals surface area contributed by atoms with Crippen LogP contribution >= 0.6 is 0 Å². The fraction of sp³-hybridized carbons (Fsp3) is 0.835. The van der Waals surface area contributed by atoms with Crippen LogP contribution in [0.1, 0.15) is 354 Å². The molecule has 0 bridgehead atoms. The fourth-order valence-corrected chi connectivity index (χ4v) is 14.8. The second kappa shape index (κ2) is 70.2. The molecule has 0 spiro atoms. The number of amides is 1. The van der Waals surface area contributed by atoms with Crippen LogP contribution in [0.5, 0.6) is 0 Å². The number of unbranched alkanes of at least 4 members (excludes halogenated alkanes) is 44. The summed E-state index contributed by atoms with van der Waals surface area (Å²) in [6.07, 6.45) is 68.8. The highest BCUT2D eigenvalue weighted by Gasteiger charge is 2.54. The van der Waals surface area contributed by atoms with Gasteiger partial charge in [0, 0.05) is 6.42 Å². The van der Waals surface area contributed by atoms with Gasteiger partial charge in [-0.25, -0.2) is 0 Å². The van der Waals surface area contributed by atoms with Crippen LogP contribution in [0.3, 0.4) is 0 Å². The molecule has 19 nitrogen and oxygen atoms in total. The number of ether oxygens (including phenoxy) is 6. The minimum Gasteiger partial charge on any atom is -0.394 e. The smallest absolute Gasteiger partial charge is 0.220 e. The van der Waals surface area contributed by atoms with Crippen molar-refractivity contribution in [2.24, 2.45) is 0 Å². The Labute approximate surface area is 667 Å². The molecule has 3 heterocycles. The summed E-state index contributed by atoms with van der Waals surface area (Å²) in [5.74, 6) is -0.281. The Kier molecular flexibility index (Phi) is 64.6. The van der Waals surface area contributed by atoms with E-state index in [2.05, 4.69) is 92.1 Å². The number of aliphatic hydroxyl groups is 11. The van der Waals surface area contributed by atoms with Crippen molar-refractivity contribution in [3.05, 3.63) is 85.1 Å². The lowest BCUT2D eigenvalue weighted by Crippen LogP contribution is -2.66. The van der Waals surface area contributed by atoms with E-state index in [1.807, 2.05) is 6.08 Å². The molecule has 3 aliphatic heterocycles. The highest BCUT2D eigenvalue weighted by Crippen LogP contribution is 2.33. The lowest BCUT2D eigenvalue weighted by atomic mass is 9.96. The first-order chi connectivity index (χ1) is 53.8. The molecule has 3 fully saturated rings. The highest BCUT2D eigenvalue weighted by molar-refractivity contribution is 5.76. The molecule has 0 aromatic heterocycles. The van der Waals surface area contributed by atoms with Gasteiger partial charge in [-0.05, 0) is 77.0 Å². The molecule has 17 atom stereocenters. The summed E-state index contributed by atoms with van der Waals surface area (Å²) in [5, 5.41) is 121. The Hall–Kier alpha value is -3.03. The van der Waals surface area contributed by atoms with Gasteiger partial charge in [0.2, 0.25) is 5.91 Å². The van der Waals surface area contributed by atoms with Gasteiger partial charge in [0.05, 0.1) is 38.6 Å². The second-order valence-corrected chi connectivity index (χ2v) is 31.7. The molecular weight excluding hydrogens is 1390 g/mol. The first-order valence-corrected chi connectivity index (χ1v) is 44.8. The van der Waals surface area contributed by atoms with Crippen molar-refractivity contribution < 1.29 is 89.4 Å². The summed E-state index contributed by atoms with van der Waals surface area (Å²) >= 11 is 0. The second-order valence-electron chi connectivity index (χ2n) is 31.7. The quantitative estimate of drug-likeness (QED) is 0.0199. The fourth-order valence-electron chi connectivity index (χ4n) is 14.8. The molecule has 0 saturated carbocycles.